The molecule has 5 rings (SSSR count). The van der Waals surface area contributed by atoms with Crippen molar-refractivity contribution in [3.8, 4) is 17.0 Å². The molecule has 1 aromatic heterocycles. The normalized spacial score (nSPS) is 11.0. The van der Waals surface area contributed by atoms with E-state index in [4.69, 9.17) is 4.74 Å². The van der Waals surface area contributed by atoms with Gasteiger partial charge < -0.3 is 20.7 Å². The summed E-state index contributed by atoms with van der Waals surface area (Å²) in [4.78, 5) is 44.2. The van der Waals surface area contributed by atoms with Crippen molar-refractivity contribution in [2.45, 2.75) is 18.7 Å². The number of hydrogen-bond acceptors (Lipinski definition) is 7. The fraction of sp³-hybridized carbons (Fsp3) is 0.111. The van der Waals surface area contributed by atoms with E-state index in [9.17, 15) is 14.4 Å². The number of aromatic nitrogens is 1. The number of benzene rings is 4. The standard InChI is InChI=1S/C36H32N4O4S2/c1-3-44-29-16-12-26(13-17-29)32-22-46-36(39-32)40-33(41)23-45-30-18-14-28(15-19-30)37-35(43)31(21-25-9-7-8-24(2)20-25)38-34(42)27-10-5-4-6-11-27/h4-22H,3,23H2,1-2H3,(H,37,43)(H,38,42)(H,39,40,41)/b31-21-. The van der Waals surface area contributed by atoms with Crippen LogP contribution < -0.4 is 20.7 Å². The Hall–Kier alpha value is -5.19. The molecule has 0 aliphatic carbocycles. The van der Waals surface area contributed by atoms with Gasteiger partial charge in [0.15, 0.2) is 5.13 Å². The number of rotatable bonds is 12. The molecule has 4 aromatic carbocycles. The second kappa shape index (κ2) is 15.7. The highest BCUT2D eigenvalue weighted by Crippen LogP contribution is 2.27. The highest BCUT2D eigenvalue weighted by Gasteiger charge is 2.16. The van der Waals surface area contributed by atoms with E-state index in [1.54, 1.807) is 42.5 Å². The van der Waals surface area contributed by atoms with Gasteiger partial charge in [-0.1, -0.05) is 48.0 Å². The Morgan fingerprint density at radius 3 is 2.37 bits per heavy atom. The number of amides is 3. The Balaban J connectivity index is 1.16. The van der Waals surface area contributed by atoms with Gasteiger partial charge in [0.25, 0.3) is 11.8 Å². The molecular weight excluding hydrogens is 617 g/mol. The first kappa shape index (κ1) is 32.2. The summed E-state index contributed by atoms with van der Waals surface area (Å²) in [6.45, 7) is 4.51. The van der Waals surface area contributed by atoms with Crippen molar-refractivity contribution in [2.75, 3.05) is 23.0 Å². The van der Waals surface area contributed by atoms with E-state index >= 15 is 0 Å². The summed E-state index contributed by atoms with van der Waals surface area (Å²) in [5, 5.41) is 10.9. The van der Waals surface area contributed by atoms with Crippen LogP contribution in [0.3, 0.4) is 0 Å². The molecule has 10 heteroatoms. The average Bonchev–Trinajstić information content (AvgIpc) is 3.53. The highest BCUT2D eigenvalue weighted by molar-refractivity contribution is 8.00. The van der Waals surface area contributed by atoms with Crippen molar-refractivity contribution in [1.82, 2.24) is 10.3 Å². The number of thiazole rings is 1. The van der Waals surface area contributed by atoms with Gasteiger partial charge in [0.05, 0.1) is 18.1 Å². The molecule has 0 fully saturated rings. The summed E-state index contributed by atoms with van der Waals surface area (Å²) in [7, 11) is 0. The van der Waals surface area contributed by atoms with E-state index in [1.807, 2.05) is 86.0 Å². The van der Waals surface area contributed by atoms with Gasteiger partial charge >= 0.3 is 0 Å². The molecule has 0 unspecified atom stereocenters. The van der Waals surface area contributed by atoms with E-state index in [-0.39, 0.29) is 23.3 Å². The molecule has 0 atom stereocenters. The summed E-state index contributed by atoms with van der Waals surface area (Å²) in [5.41, 5.74) is 4.65. The van der Waals surface area contributed by atoms with E-state index in [2.05, 4.69) is 20.9 Å². The van der Waals surface area contributed by atoms with Gasteiger partial charge in [-0.2, -0.15) is 0 Å². The molecule has 5 aromatic rings. The number of carbonyl (C=O) groups excluding carboxylic acids is 3. The van der Waals surface area contributed by atoms with Crippen LogP contribution in [0.1, 0.15) is 28.4 Å². The van der Waals surface area contributed by atoms with Crippen molar-refractivity contribution in [3.63, 3.8) is 0 Å². The molecule has 0 bridgehead atoms. The van der Waals surface area contributed by atoms with Crippen LogP contribution >= 0.6 is 23.1 Å². The molecule has 232 valence electrons. The van der Waals surface area contributed by atoms with Gasteiger partial charge in [0.1, 0.15) is 11.4 Å². The second-order valence-corrected chi connectivity index (χ2v) is 12.0. The maximum Gasteiger partial charge on any atom is 0.272 e. The lowest BCUT2D eigenvalue weighted by atomic mass is 10.1. The van der Waals surface area contributed by atoms with Crippen molar-refractivity contribution in [3.05, 3.63) is 131 Å². The predicted molar refractivity (Wildman–Crippen MR) is 186 cm³/mol. The number of aryl methyl sites for hydroxylation is 1. The number of anilines is 2. The number of hydrogen-bond donors (Lipinski definition) is 3. The van der Waals surface area contributed by atoms with Gasteiger partial charge in [0.2, 0.25) is 5.91 Å². The molecule has 46 heavy (non-hydrogen) atoms. The summed E-state index contributed by atoms with van der Waals surface area (Å²) in [6.07, 6.45) is 1.65. The zero-order valence-electron chi connectivity index (χ0n) is 25.3. The maximum atomic E-state index is 13.3. The third-order valence-corrected chi connectivity index (χ3v) is 8.35. The Labute approximate surface area is 275 Å². The minimum Gasteiger partial charge on any atom is -0.494 e. The maximum absolute atomic E-state index is 13.3. The smallest absolute Gasteiger partial charge is 0.272 e. The molecule has 3 amide bonds. The Kier molecular flexibility index (Phi) is 11.0. The molecule has 0 aliphatic heterocycles. The third-order valence-electron chi connectivity index (χ3n) is 6.58. The number of thioether (sulfide) groups is 1. The van der Waals surface area contributed by atoms with Crippen LogP contribution in [0.25, 0.3) is 17.3 Å². The van der Waals surface area contributed by atoms with E-state index < -0.39 is 5.91 Å². The lowest BCUT2D eigenvalue weighted by Crippen LogP contribution is -2.30. The largest absolute Gasteiger partial charge is 0.494 e. The highest BCUT2D eigenvalue weighted by atomic mass is 32.2. The summed E-state index contributed by atoms with van der Waals surface area (Å²) < 4.78 is 5.49. The summed E-state index contributed by atoms with van der Waals surface area (Å²) >= 11 is 2.74. The lowest BCUT2D eigenvalue weighted by molar-refractivity contribution is -0.114. The van der Waals surface area contributed by atoms with E-state index in [0.717, 1.165) is 33.0 Å². The van der Waals surface area contributed by atoms with Gasteiger partial charge in [-0.15, -0.1) is 23.1 Å². The molecular formula is C36H32N4O4S2. The van der Waals surface area contributed by atoms with Crippen LogP contribution in [-0.2, 0) is 9.59 Å². The first-order valence-electron chi connectivity index (χ1n) is 14.5. The molecule has 8 nitrogen and oxygen atoms in total. The predicted octanol–water partition coefficient (Wildman–Crippen LogP) is 7.66. The van der Waals surface area contributed by atoms with Crippen LogP contribution in [0.5, 0.6) is 5.75 Å². The lowest BCUT2D eigenvalue weighted by Gasteiger charge is -2.12. The van der Waals surface area contributed by atoms with Crippen molar-refractivity contribution in [2.24, 2.45) is 0 Å². The zero-order chi connectivity index (χ0) is 32.3. The average molecular weight is 649 g/mol. The number of nitrogens with one attached hydrogen (secondary N) is 3. The minimum absolute atomic E-state index is 0.113. The van der Waals surface area contributed by atoms with E-state index in [1.165, 1.54) is 23.1 Å². The quantitative estimate of drug-likeness (QED) is 0.0947. The molecule has 0 saturated heterocycles. The fourth-order valence-electron chi connectivity index (χ4n) is 4.36. The van der Waals surface area contributed by atoms with Crippen molar-refractivity contribution < 1.29 is 19.1 Å². The molecule has 0 spiro atoms. The Bertz CT molecular complexity index is 1840. The summed E-state index contributed by atoms with van der Waals surface area (Å²) in [5.74, 6) is -0.0218. The van der Waals surface area contributed by atoms with Crippen LogP contribution in [0.15, 0.2) is 119 Å². The second-order valence-electron chi connectivity index (χ2n) is 10.1. The molecule has 0 radical (unpaired) electrons. The van der Waals surface area contributed by atoms with Gasteiger partial charge in [-0.25, -0.2) is 4.98 Å². The Morgan fingerprint density at radius 1 is 0.891 bits per heavy atom. The minimum atomic E-state index is -0.460. The molecule has 0 aliphatic rings. The first-order chi connectivity index (χ1) is 22.4. The van der Waals surface area contributed by atoms with E-state index in [0.29, 0.717) is 23.0 Å². The fourth-order valence-corrected chi connectivity index (χ4v) is 5.79. The number of carbonyl (C=O) groups is 3. The summed E-state index contributed by atoms with van der Waals surface area (Å²) in [6, 6.07) is 31.2. The van der Waals surface area contributed by atoms with Crippen LogP contribution in [0.2, 0.25) is 0 Å². The first-order valence-corrected chi connectivity index (χ1v) is 16.4. The monoisotopic (exact) mass is 648 g/mol. The molecule has 0 saturated carbocycles. The molecule has 1 heterocycles. The SMILES string of the molecule is CCOc1ccc(-c2csc(NC(=O)CSc3ccc(NC(=O)/C(=C/c4cccc(C)c4)NC(=O)c4ccccc4)cc3)n2)cc1. The molecule has 3 N–H and O–H groups in total. The van der Waals surface area contributed by atoms with Crippen molar-refractivity contribution >= 4 is 57.7 Å². The topological polar surface area (TPSA) is 109 Å². The van der Waals surface area contributed by atoms with Crippen LogP contribution in [0.4, 0.5) is 10.8 Å². The van der Waals surface area contributed by atoms with Gasteiger partial charge in [-0.05, 0) is 86.2 Å². The zero-order valence-corrected chi connectivity index (χ0v) is 26.9. The van der Waals surface area contributed by atoms with Crippen LogP contribution in [0, 0.1) is 6.92 Å². The Morgan fingerprint density at radius 2 is 1.65 bits per heavy atom. The van der Waals surface area contributed by atoms with Crippen molar-refractivity contribution in [1.29, 1.82) is 0 Å². The third kappa shape index (κ3) is 9.16. The number of nitrogens with zero attached hydrogens (tertiary/aromatic N) is 1. The number of ether oxygens (including phenoxy) is 1. The van der Waals surface area contributed by atoms with Crippen LogP contribution in [-0.4, -0.2) is 35.1 Å². The van der Waals surface area contributed by atoms with Gasteiger partial charge in [-0.3, -0.25) is 14.4 Å². The van der Waals surface area contributed by atoms with Gasteiger partial charge in [0, 0.05) is 27.1 Å².